The Balaban J connectivity index is 1.06. The van der Waals surface area contributed by atoms with E-state index in [2.05, 4.69) is 229 Å². The first-order valence-corrected chi connectivity index (χ1v) is 20.2. The first kappa shape index (κ1) is 32.7. The van der Waals surface area contributed by atoms with E-state index in [1.807, 2.05) is 0 Å². The molecule has 0 heterocycles. The van der Waals surface area contributed by atoms with Gasteiger partial charge < -0.3 is 4.90 Å². The Morgan fingerprint density at radius 1 is 0.259 bits per heavy atom. The van der Waals surface area contributed by atoms with E-state index < -0.39 is 0 Å². The van der Waals surface area contributed by atoms with Crippen LogP contribution in [0.15, 0.2) is 224 Å². The predicted molar refractivity (Wildman–Crippen MR) is 243 cm³/mol. The molecule has 0 bridgehead atoms. The van der Waals surface area contributed by atoms with Crippen molar-refractivity contribution >= 4 is 38.6 Å². The highest BCUT2D eigenvalue weighted by molar-refractivity contribution is 5.99. The largest absolute Gasteiger partial charge is 0.310 e. The van der Waals surface area contributed by atoms with E-state index in [1.54, 1.807) is 0 Å². The van der Waals surface area contributed by atoms with Gasteiger partial charge in [0.15, 0.2) is 0 Å². The molecule has 0 fully saturated rings. The third-order valence-corrected chi connectivity index (χ3v) is 12.6. The van der Waals surface area contributed by atoms with Gasteiger partial charge in [0.05, 0.1) is 11.1 Å². The van der Waals surface area contributed by atoms with Gasteiger partial charge in [-0.2, -0.15) is 0 Å². The zero-order valence-electron chi connectivity index (χ0n) is 31.8. The highest BCUT2D eigenvalue weighted by Crippen LogP contribution is 2.63. The summed E-state index contributed by atoms with van der Waals surface area (Å²) in [5.41, 5.74) is 18.5. The number of benzene rings is 10. The normalized spacial score (nSPS) is 13.0. The molecule has 0 radical (unpaired) electrons. The van der Waals surface area contributed by atoms with Gasteiger partial charge in [0.1, 0.15) is 0 Å². The summed E-state index contributed by atoms with van der Waals surface area (Å²) in [5.74, 6) is 0. The van der Waals surface area contributed by atoms with Crippen LogP contribution < -0.4 is 4.90 Å². The van der Waals surface area contributed by atoms with E-state index >= 15 is 0 Å². The topological polar surface area (TPSA) is 3.24 Å². The van der Waals surface area contributed by atoms with Gasteiger partial charge in [-0.3, -0.25) is 0 Å². The van der Waals surface area contributed by atoms with Crippen molar-refractivity contribution in [3.8, 4) is 44.5 Å². The minimum absolute atomic E-state index is 0.379. The molecule has 0 aromatic heterocycles. The van der Waals surface area contributed by atoms with Crippen molar-refractivity contribution in [2.75, 3.05) is 4.90 Å². The van der Waals surface area contributed by atoms with Crippen molar-refractivity contribution in [3.63, 3.8) is 0 Å². The van der Waals surface area contributed by atoms with Crippen LogP contribution in [0.3, 0.4) is 0 Å². The van der Waals surface area contributed by atoms with Gasteiger partial charge in [-0.05, 0) is 125 Å². The molecule has 10 aromatic carbocycles. The molecule has 0 amide bonds. The Hall–Kier alpha value is -7.48. The fraction of sp³-hybridized carbons (Fsp3) is 0.0175. The smallest absolute Gasteiger partial charge is 0.0725 e. The third-order valence-electron chi connectivity index (χ3n) is 12.6. The molecule has 12 rings (SSSR count). The SMILES string of the molecule is c1ccc(-c2ccccc2N(c2ccc3c(c2)-c2ccccc2C32c3ccccc3-c3ccccc32)c2ccc3cc(-c4ccc5ccccc5c4)ccc3c2)cc1. The number of para-hydroxylation sites is 1. The molecule has 10 aromatic rings. The number of hydrogen-bond donors (Lipinski definition) is 0. The average Bonchev–Trinajstić information content (AvgIpc) is 3.76. The maximum atomic E-state index is 2.46. The number of anilines is 3. The molecule has 2 aliphatic carbocycles. The molecule has 0 aliphatic heterocycles. The van der Waals surface area contributed by atoms with Crippen LogP contribution in [0.2, 0.25) is 0 Å². The van der Waals surface area contributed by atoms with Crippen LogP contribution in [0.4, 0.5) is 17.1 Å². The molecule has 1 spiro atoms. The zero-order chi connectivity index (χ0) is 38.2. The summed E-state index contributed by atoms with van der Waals surface area (Å²) in [4.78, 5) is 2.46. The number of fused-ring (bicyclic) bond motifs is 12. The second-order valence-corrected chi connectivity index (χ2v) is 15.6. The lowest BCUT2D eigenvalue weighted by Crippen LogP contribution is -2.25. The molecular weight excluding hydrogens is 699 g/mol. The maximum absolute atomic E-state index is 2.46. The van der Waals surface area contributed by atoms with Gasteiger partial charge in [-0.1, -0.05) is 182 Å². The molecule has 0 N–H and O–H groups in total. The molecule has 0 atom stereocenters. The van der Waals surface area contributed by atoms with Gasteiger partial charge in [0, 0.05) is 16.9 Å². The summed E-state index contributed by atoms with van der Waals surface area (Å²) >= 11 is 0. The van der Waals surface area contributed by atoms with Crippen molar-refractivity contribution in [2.45, 2.75) is 5.41 Å². The van der Waals surface area contributed by atoms with Gasteiger partial charge in [0.25, 0.3) is 0 Å². The molecule has 0 saturated heterocycles. The van der Waals surface area contributed by atoms with Crippen molar-refractivity contribution in [3.05, 3.63) is 247 Å². The number of rotatable bonds is 5. The first-order valence-electron chi connectivity index (χ1n) is 20.2. The molecule has 0 saturated carbocycles. The van der Waals surface area contributed by atoms with Crippen LogP contribution in [0.1, 0.15) is 22.3 Å². The van der Waals surface area contributed by atoms with Crippen molar-refractivity contribution < 1.29 is 0 Å². The van der Waals surface area contributed by atoms with E-state index in [9.17, 15) is 0 Å². The van der Waals surface area contributed by atoms with Crippen LogP contribution in [0.5, 0.6) is 0 Å². The minimum atomic E-state index is -0.379. The van der Waals surface area contributed by atoms with Crippen LogP contribution in [-0.2, 0) is 5.41 Å². The van der Waals surface area contributed by atoms with Crippen LogP contribution >= 0.6 is 0 Å². The average molecular weight is 736 g/mol. The van der Waals surface area contributed by atoms with Crippen molar-refractivity contribution in [2.24, 2.45) is 0 Å². The standard InChI is InChI=1S/C57H37N/c1-2-15-39(16-3-1)47-18-9-13-25-56(47)58(45-31-30-43-35-42(28-29-44(43)36-45)41-27-26-38-14-4-5-17-40(38)34-41)46-32-33-55-51(37-46)50-21-8-12-24-54(50)57(55)52-22-10-6-19-48(52)49-20-7-11-23-53(49)57/h1-37H. The van der Waals surface area contributed by atoms with Crippen LogP contribution in [-0.4, -0.2) is 0 Å². The van der Waals surface area contributed by atoms with Gasteiger partial charge in [-0.15, -0.1) is 0 Å². The molecule has 270 valence electrons. The Morgan fingerprint density at radius 3 is 1.40 bits per heavy atom. The Kier molecular flexibility index (Phi) is 7.21. The van der Waals surface area contributed by atoms with E-state index in [4.69, 9.17) is 0 Å². The summed E-state index contributed by atoms with van der Waals surface area (Å²) in [5, 5.41) is 4.94. The summed E-state index contributed by atoms with van der Waals surface area (Å²) in [6, 6.07) is 83.1. The van der Waals surface area contributed by atoms with E-state index in [-0.39, 0.29) is 5.41 Å². The van der Waals surface area contributed by atoms with Gasteiger partial charge in [-0.25, -0.2) is 0 Å². The van der Waals surface area contributed by atoms with Gasteiger partial charge in [0.2, 0.25) is 0 Å². The number of hydrogen-bond acceptors (Lipinski definition) is 1. The first-order chi connectivity index (χ1) is 28.8. The molecule has 1 nitrogen and oxygen atoms in total. The van der Waals surface area contributed by atoms with E-state index in [1.165, 1.54) is 88.3 Å². The monoisotopic (exact) mass is 735 g/mol. The second kappa shape index (κ2) is 12.8. The lowest BCUT2D eigenvalue weighted by Gasteiger charge is -2.31. The fourth-order valence-electron chi connectivity index (χ4n) is 10.1. The number of nitrogens with zero attached hydrogens (tertiary/aromatic N) is 1. The van der Waals surface area contributed by atoms with Crippen molar-refractivity contribution in [1.29, 1.82) is 0 Å². The van der Waals surface area contributed by atoms with Gasteiger partial charge >= 0.3 is 0 Å². The molecule has 2 aliphatic rings. The quantitative estimate of drug-likeness (QED) is 0.170. The minimum Gasteiger partial charge on any atom is -0.310 e. The van der Waals surface area contributed by atoms with Crippen LogP contribution in [0, 0.1) is 0 Å². The maximum Gasteiger partial charge on any atom is 0.0725 e. The third kappa shape index (κ3) is 4.77. The zero-order valence-corrected chi connectivity index (χ0v) is 31.8. The summed E-state index contributed by atoms with van der Waals surface area (Å²) < 4.78 is 0. The predicted octanol–water partition coefficient (Wildman–Crippen LogP) is 15.1. The van der Waals surface area contributed by atoms with E-state index in [0.717, 1.165) is 17.1 Å². The van der Waals surface area contributed by atoms with Crippen molar-refractivity contribution in [1.82, 2.24) is 0 Å². The van der Waals surface area contributed by atoms with Crippen LogP contribution in [0.25, 0.3) is 66.1 Å². The second-order valence-electron chi connectivity index (χ2n) is 15.6. The Labute approximate surface area is 338 Å². The Morgan fingerprint density at radius 2 is 0.707 bits per heavy atom. The molecular formula is C57H37N. The highest BCUT2D eigenvalue weighted by atomic mass is 15.1. The summed E-state index contributed by atoms with van der Waals surface area (Å²) in [7, 11) is 0. The molecule has 0 unspecified atom stereocenters. The molecule has 1 heteroatoms. The highest BCUT2D eigenvalue weighted by Gasteiger charge is 2.51. The summed E-state index contributed by atoms with van der Waals surface area (Å²) in [6.07, 6.45) is 0. The molecule has 58 heavy (non-hydrogen) atoms. The lowest BCUT2D eigenvalue weighted by molar-refractivity contribution is 0.794. The van der Waals surface area contributed by atoms with E-state index in [0.29, 0.717) is 0 Å². The lowest BCUT2D eigenvalue weighted by atomic mass is 9.70. The fourth-order valence-corrected chi connectivity index (χ4v) is 10.1. The summed E-state index contributed by atoms with van der Waals surface area (Å²) in [6.45, 7) is 0. The Bertz CT molecular complexity index is 3200.